The summed E-state index contributed by atoms with van der Waals surface area (Å²) in [5, 5.41) is 1.29. The topological polar surface area (TPSA) is 60.4 Å². The van der Waals surface area contributed by atoms with Crippen LogP contribution < -0.4 is 0 Å². The Labute approximate surface area is 209 Å². The number of rotatable bonds is 8. The summed E-state index contributed by atoms with van der Waals surface area (Å²) in [5.41, 5.74) is 6.22. The van der Waals surface area contributed by atoms with E-state index in [1.165, 1.54) is 5.41 Å². The normalized spacial score (nSPS) is 16.7. The van der Waals surface area contributed by atoms with E-state index in [-0.39, 0.29) is 10.7 Å². The molecule has 4 nitrogen and oxygen atoms in total. The minimum absolute atomic E-state index is 0.112. The number of hydrogen-bond donors (Lipinski definition) is 0. The number of ketones is 1. The van der Waals surface area contributed by atoms with Gasteiger partial charge in [-0.25, -0.2) is 8.42 Å². The Balaban J connectivity index is 2.20. The van der Waals surface area contributed by atoms with E-state index in [0.29, 0.717) is 17.6 Å². The molecule has 0 amide bonds. The van der Waals surface area contributed by atoms with Gasteiger partial charge in [-0.3, -0.25) is 4.79 Å². The predicted octanol–water partition coefficient (Wildman–Crippen LogP) is 7.12. The number of hydrogen-bond acceptors (Lipinski definition) is 4. The average Bonchev–Trinajstić information content (AvgIpc) is 2.83. The highest BCUT2D eigenvalue weighted by atomic mass is 32.2. The molecule has 0 aromatic heterocycles. The summed E-state index contributed by atoms with van der Waals surface area (Å²) in [7, 11) is -2.00. The minimum Gasteiger partial charge on any atom is -0.501 e. The fraction of sp³-hybridized carbons (Fsp3) is 0.233. The Kier molecular flexibility index (Phi) is 7.81. The lowest BCUT2D eigenvalue weighted by Crippen LogP contribution is -2.17. The van der Waals surface area contributed by atoms with Gasteiger partial charge in [0.05, 0.1) is 17.9 Å². The standard InChI is InChI=1S/C30H32O4S/c1-8-20(5)18-35(32,33)25-12-10-11-22(16-25)28-17-24-15-23(29(19(3)4)21(6)34-7)13-14-27(24)26(9-2)30(28)31/h9-18,26H,2-3,8H2,1,4-7H3/b20-18+,29-21+. The highest BCUT2D eigenvalue weighted by Crippen LogP contribution is 2.39. The largest absolute Gasteiger partial charge is 0.501 e. The van der Waals surface area contributed by atoms with Crippen molar-refractivity contribution in [2.45, 2.75) is 44.9 Å². The third kappa shape index (κ3) is 5.30. The number of ether oxygens (including phenoxy) is 1. The van der Waals surface area contributed by atoms with Crippen molar-refractivity contribution in [2.75, 3.05) is 7.11 Å². The summed E-state index contributed by atoms with van der Waals surface area (Å²) in [4.78, 5) is 13.6. The first-order valence-corrected chi connectivity index (χ1v) is 13.0. The number of carbonyl (C=O) groups is 1. The highest BCUT2D eigenvalue weighted by Gasteiger charge is 2.29. The molecular weight excluding hydrogens is 456 g/mol. The molecule has 35 heavy (non-hydrogen) atoms. The highest BCUT2D eigenvalue weighted by molar-refractivity contribution is 7.94. The van der Waals surface area contributed by atoms with Gasteiger partial charge in [0, 0.05) is 16.6 Å². The Hall–Kier alpha value is -3.44. The summed E-state index contributed by atoms with van der Waals surface area (Å²) in [6.45, 7) is 15.5. The van der Waals surface area contributed by atoms with Crippen LogP contribution in [0, 0.1) is 0 Å². The van der Waals surface area contributed by atoms with Crippen molar-refractivity contribution in [3.05, 3.63) is 106 Å². The molecule has 0 saturated heterocycles. The van der Waals surface area contributed by atoms with Gasteiger partial charge in [-0.05, 0) is 79.3 Å². The van der Waals surface area contributed by atoms with Crippen molar-refractivity contribution in [1.29, 1.82) is 0 Å². The van der Waals surface area contributed by atoms with Gasteiger partial charge in [-0.15, -0.1) is 6.58 Å². The van der Waals surface area contributed by atoms with Gasteiger partial charge in [0.1, 0.15) is 5.76 Å². The van der Waals surface area contributed by atoms with Crippen molar-refractivity contribution >= 4 is 32.8 Å². The zero-order chi connectivity index (χ0) is 25.9. The van der Waals surface area contributed by atoms with Crippen LogP contribution >= 0.6 is 0 Å². The molecule has 0 saturated carbocycles. The zero-order valence-electron chi connectivity index (χ0n) is 21.0. The number of carbonyl (C=O) groups excluding carboxylic acids is 1. The summed E-state index contributed by atoms with van der Waals surface area (Å²) in [5.74, 6) is 0.114. The molecule has 5 heteroatoms. The number of benzene rings is 2. The Morgan fingerprint density at radius 1 is 1.11 bits per heavy atom. The monoisotopic (exact) mass is 488 g/mol. The molecule has 0 N–H and O–H groups in total. The maximum absolute atomic E-state index is 13.4. The smallest absolute Gasteiger partial charge is 0.199 e. The molecule has 1 aliphatic rings. The molecule has 0 radical (unpaired) electrons. The molecule has 2 aromatic carbocycles. The van der Waals surface area contributed by atoms with E-state index in [1.807, 2.05) is 45.0 Å². The Morgan fingerprint density at radius 2 is 1.83 bits per heavy atom. The van der Waals surface area contributed by atoms with Crippen LogP contribution in [0.25, 0.3) is 17.2 Å². The van der Waals surface area contributed by atoms with Crippen LogP contribution in [0.1, 0.15) is 62.3 Å². The van der Waals surface area contributed by atoms with E-state index < -0.39 is 15.8 Å². The fourth-order valence-corrected chi connectivity index (χ4v) is 5.63. The quantitative estimate of drug-likeness (QED) is 0.225. The van der Waals surface area contributed by atoms with Crippen molar-refractivity contribution in [3.8, 4) is 0 Å². The maximum atomic E-state index is 13.4. The van der Waals surface area contributed by atoms with Crippen LogP contribution in [0.15, 0.2) is 88.9 Å². The van der Waals surface area contributed by atoms with Crippen LogP contribution in [0.5, 0.6) is 0 Å². The van der Waals surface area contributed by atoms with Gasteiger partial charge >= 0.3 is 0 Å². The fourth-order valence-electron chi connectivity index (χ4n) is 4.24. The lowest BCUT2D eigenvalue weighted by Gasteiger charge is -2.24. The van der Waals surface area contributed by atoms with Gasteiger partial charge in [-0.1, -0.05) is 49.4 Å². The van der Waals surface area contributed by atoms with E-state index in [9.17, 15) is 13.2 Å². The lowest BCUT2D eigenvalue weighted by molar-refractivity contribution is -0.114. The number of methoxy groups -OCH3 is 1. The molecule has 0 aliphatic heterocycles. The molecule has 1 aliphatic carbocycles. The summed E-state index contributed by atoms with van der Waals surface area (Å²) in [6, 6.07) is 12.5. The van der Waals surface area contributed by atoms with Gasteiger partial charge in [-0.2, -0.15) is 0 Å². The average molecular weight is 489 g/mol. The van der Waals surface area contributed by atoms with Crippen molar-refractivity contribution < 1.29 is 17.9 Å². The van der Waals surface area contributed by atoms with E-state index in [0.717, 1.165) is 39.2 Å². The second-order valence-electron chi connectivity index (χ2n) is 8.79. The number of Topliss-reactive ketones (excluding diaryl/α,β-unsaturated/α-hetero) is 1. The predicted molar refractivity (Wildman–Crippen MR) is 144 cm³/mol. The van der Waals surface area contributed by atoms with Crippen LogP contribution in [-0.2, 0) is 19.4 Å². The van der Waals surface area contributed by atoms with Crippen LogP contribution in [0.3, 0.4) is 0 Å². The van der Waals surface area contributed by atoms with Gasteiger partial charge < -0.3 is 4.74 Å². The third-order valence-electron chi connectivity index (χ3n) is 6.27. The van der Waals surface area contributed by atoms with E-state index >= 15 is 0 Å². The molecule has 1 unspecified atom stereocenters. The molecule has 1 atom stereocenters. The maximum Gasteiger partial charge on any atom is 0.199 e. The first-order valence-electron chi connectivity index (χ1n) is 11.5. The zero-order valence-corrected chi connectivity index (χ0v) is 21.8. The summed E-state index contributed by atoms with van der Waals surface area (Å²) < 4.78 is 31.3. The van der Waals surface area contributed by atoms with Crippen LogP contribution in [0.2, 0.25) is 0 Å². The van der Waals surface area contributed by atoms with E-state index in [2.05, 4.69) is 13.2 Å². The van der Waals surface area contributed by atoms with Gasteiger partial charge in [0.15, 0.2) is 15.6 Å². The molecule has 2 aromatic rings. The van der Waals surface area contributed by atoms with Crippen molar-refractivity contribution in [2.24, 2.45) is 0 Å². The summed E-state index contributed by atoms with van der Waals surface area (Å²) in [6.07, 6.45) is 4.11. The van der Waals surface area contributed by atoms with Crippen molar-refractivity contribution in [3.63, 3.8) is 0 Å². The molecular formula is C30H32O4S. The van der Waals surface area contributed by atoms with Crippen molar-refractivity contribution in [1.82, 2.24) is 0 Å². The van der Waals surface area contributed by atoms with E-state index in [4.69, 9.17) is 4.74 Å². The van der Waals surface area contributed by atoms with Gasteiger partial charge in [0.2, 0.25) is 0 Å². The minimum atomic E-state index is -3.62. The Bertz CT molecular complexity index is 1400. The lowest BCUT2D eigenvalue weighted by atomic mass is 9.79. The third-order valence-corrected chi connectivity index (χ3v) is 7.89. The second kappa shape index (κ2) is 10.4. The van der Waals surface area contributed by atoms with E-state index in [1.54, 1.807) is 44.4 Å². The van der Waals surface area contributed by atoms with Crippen LogP contribution in [-0.4, -0.2) is 21.3 Å². The SMILES string of the molecule is C=CC1C(=O)C(c2cccc(S(=O)(=O)/C=C(\C)CC)c2)=Cc2cc(/C(C(=C)C)=C(\C)OC)ccc21. The number of allylic oxidation sites excluding steroid dienone is 6. The number of fused-ring (bicyclic) bond motifs is 1. The Morgan fingerprint density at radius 3 is 2.43 bits per heavy atom. The van der Waals surface area contributed by atoms with Crippen LogP contribution in [0.4, 0.5) is 0 Å². The first-order chi connectivity index (χ1) is 16.5. The first kappa shape index (κ1) is 26.2. The molecule has 0 spiro atoms. The molecule has 0 bridgehead atoms. The molecule has 0 fully saturated rings. The number of sulfone groups is 1. The van der Waals surface area contributed by atoms with Gasteiger partial charge in [0.25, 0.3) is 0 Å². The second-order valence-corrected chi connectivity index (χ2v) is 10.6. The molecule has 3 rings (SSSR count). The molecule has 0 heterocycles. The summed E-state index contributed by atoms with van der Waals surface area (Å²) >= 11 is 0. The molecule has 182 valence electrons.